The Balaban J connectivity index is 2.15. The molecule has 104 valence electrons. The minimum atomic E-state index is -0.0253. The number of hydrogen-bond donors (Lipinski definition) is 1. The molecule has 1 aliphatic rings. The fourth-order valence-corrected chi connectivity index (χ4v) is 2.55. The molecule has 1 aromatic rings. The van der Waals surface area contributed by atoms with Crippen LogP contribution in [-0.4, -0.2) is 24.5 Å². The van der Waals surface area contributed by atoms with Crippen molar-refractivity contribution in [1.82, 2.24) is 5.32 Å². The highest BCUT2D eigenvalue weighted by atomic mass is 16.2. The monoisotopic (exact) mass is 260 g/mol. The van der Waals surface area contributed by atoms with Crippen LogP contribution < -0.4 is 10.2 Å². The second kappa shape index (κ2) is 5.74. The quantitative estimate of drug-likeness (QED) is 0.902. The van der Waals surface area contributed by atoms with Gasteiger partial charge in [-0.3, -0.25) is 4.79 Å². The summed E-state index contributed by atoms with van der Waals surface area (Å²) in [4.78, 5) is 14.3. The summed E-state index contributed by atoms with van der Waals surface area (Å²) in [5.41, 5.74) is 2.31. The normalized spacial score (nSPS) is 19.8. The lowest BCUT2D eigenvalue weighted by Crippen LogP contribution is -2.41. The van der Waals surface area contributed by atoms with E-state index in [1.807, 2.05) is 17.0 Å². The highest BCUT2D eigenvalue weighted by molar-refractivity contribution is 5.99. The number of nitrogens with one attached hydrogen (secondary N) is 1. The zero-order valence-corrected chi connectivity index (χ0v) is 12.3. The van der Waals surface area contributed by atoms with Crippen LogP contribution in [0.15, 0.2) is 24.3 Å². The lowest BCUT2D eigenvalue weighted by atomic mass is 10.0. The minimum Gasteiger partial charge on any atom is -0.311 e. The molecule has 1 fully saturated rings. The van der Waals surface area contributed by atoms with Gasteiger partial charge in [0, 0.05) is 18.3 Å². The summed E-state index contributed by atoms with van der Waals surface area (Å²) in [6.45, 7) is 9.32. The van der Waals surface area contributed by atoms with Crippen molar-refractivity contribution >= 4 is 11.6 Å². The van der Waals surface area contributed by atoms with E-state index in [4.69, 9.17) is 0 Å². The summed E-state index contributed by atoms with van der Waals surface area (Å²) < 4.78 is 0. The van der Waals surface area contributed by atoms with Gasteiger partial charge in [0.1, 0.15) is 0 Å². The highest BCUT2D eigenvalue weighted by Crippen LogP contribution is 2.25. The lowest BCUT2D eigenvalue weighted by molar-refractivity contribution is -0.118. The molecule has 0 bridgehead atoms. The molecule has 1 N–H and O–H groups in total. The zero-order valence-electron chi connectivity index (χ0n) is 12.3. The molecule has 19 heavy (non-hydrogen) atoms. The second-order valence-electron chi connectivity index (χ2n) is 5.90. The SMILES string of the molecule is CC(C)NC1CCN(c2cccc(C(C)C)c2)C1=O. The molecule has 1 amide bonds. The maximum atomic E-state index is 12.4. The van der Waals surface area contributed by atoms with Crippen LogP contribution >= 0.6 is 0 Å². The van der Waals surface area contributed by atoms with Gasteiger partial charge in [-0.15, -0.1) is 0 Å². The van der Waals surface area contributed by atoms with Crippen LogP contribution in [0.25, 0.3) is 0 Å². The predicted molar refractivity (Wildman–Crippen MR) is 79.6 cm³/mol. The molecule has 2 rings (SSSR count). The number of anilines is 1. The average Bonchev–Trinajstić information content (AvgIpc) is 2.70. The topological polar surface area (TPSA) is 32.3 Å². The van der Waals surface area contributed by atoms with Crippen LogP contribution in [0, 0.1) is 0 Å². The van der Waals surface area contributed by atoms with Gasteiger partial charge in [0.15, 0.2) is 0 Å². The van der Waals surface area contributed by atoms with E-state index < -0.39 is 0 Å². The van der Waals surface area contributed by atoms with Crippen molar-refractivity contribution in [3.63, 3.8) is 0 Å². The Morgan fingerprint density at radius 2 is 2.00 bits per heavy atom. The van der Waals surface area contributed by atoms with E-state index in [0.717, 1.165) is 18.7 Å². The van der Waals surface area contributed by atoms with Gasteiger partial charge >= 0.3 is 0 Å². The molecule has 0 saturated carbocycles. The first kappa shape index (κ1) is 14.1. The Morgan fingerprint density at radius 3 is 2.63 bits per heavy atom. The number of carbonyl (C=O) groups excluding carboxylic acids is 1. The number of amides is 1. The van der Waals surface area contributed by atoms with E-state index in [9.17, 15) is 4.79 Å². The Bertz CT molecular complexity index is 454. The standard InChI is InChI=1S/C16H24N2O/c1-11(2)13-6-5-7-14(10-13)18-9-8-15(16(18)19)17-12(3)4/h5-7,10-12,15,17H,8-9H2,1-4H3. The first-order valence-electron chi connectivity index (χ1n) is 7.16. The summed E-state index contributed by atoms with van der Waals surface area (Å²) >= 11 is 0. The number of benzene rings is 1. The molecule has 1 saturated heterocycles. The molecule has 0 aromatic heterocycles. The van der Waals surface area contributed by atoms with Crippen LogP contribution in [0.3, 0.4) is 0 Å². The molecule has 1 aliphatic heterocycles. The second-order valence-corrected chi connectivity index (χ2v) is 5.90. The van der Waals surface area contributed by atoms with E-state index in [0.29, 0.717) is 12.0 Å². The van der Waals surface area contributed by atoms with Gasteiger partial charge in [-0.05, 0) is 30.0 Å². The van der Waals surface area contributed by atoms with Gasteiger partial charge in [-0.1, -0.05) is 39.8 Å². The molecule has 1 aromatic carbocycles. The van der Waals surface area contributed by atoms with E-state index in [1.165, 1.54) is 5.56 Å². The molecule has 1 heterocycles. The third-order valence-electron chi connectivity index (χ3n) is 3.59. The van der Waals surface area contributed by atoms with Crippen molar-refractivity contribution < 1.29 is 4.79 Å². The summed E-state index contributed by atoms with van der Waals surface area (Å²) in [7, 11) is 0. The molecule has 1 atom stereocenters. The summed E-state index contributed by atoms with van der Waals surface area (Å²) in [5, 5.41) is 3.34. The van der Waals surface area contributed by atoms with Crippen LogP contribution in [0.5, 0.6) is 0 Å². The lowest BCUT2D eigenvalue weighted by Gasteiger charge is -2.19. The van der Waals surface area contributed by atoms with Crippen molar-refractivity contribution in [3.8, 4) is 0 Å². The Labute approximate surface area is 116 Å². The van der Waals surface area contributed by atoms with Gasteiger partial charge in [-0.25, -0.2) is 0 Å². The van der Waals surface area contributed by atoms with Crippen molar-refractivity contribution in [2.75, 3.05) is 11.4 Å². The Hall–Kier alpha value is -1.35. The van der Waals surface area contributed by atoms with E-state index in [-0.39, 0.29) is 11.9 Å². The van der Waals surface area contributed by atoms with Gasteiger partial charge in [0.2, 0.25) is 5.91 Å². The number of nitrogens with zero attached hydrogens (tertiary/aromatic N) is 1. The minimum absolute atomic E-state index is 0.0253. The Kier molecular flexibility index (Phi) is 4.25. The third kappa shape index (κ3) is 3.16. The van der Waals surface area contributed by atoms with Crippen LogP contribution in [0.1, 0.15) is 45.6 Å². The summed E-state index contributed by atoms with van der Waals surface area (Å²) in [5.74, 6) is 0.692. The zero-order chi connectivity index (χ0) is 14.0. The van der Waals surface area contributed by atoms with Crippen molar-refractivity contribution in [2.24, 2.45) is 0 Å². The smallest absolute Gasteiger partial charge is 0.244 e. The molecule has 3 heteroatoms. The maximum Gasteiger partial charge on any atom is 0.244 e. The van der Waals surface area contributed by atoms with E-state index in [2.05, 4.69) is 45.1 Å². The summed E-state index contributed by atoms with van der Waals surface area (Å²) in [6.07, 6.45) is 0.892. The molecule has 3 nitrogen and oxygen atoms in total. The van der Waals surface area contributed by atoms with Crippen LogP contribution in [-0.2, 0) is 4.79 Å². The first-order valence-corrected chi connectivity index (χ1v) is 7.16. The first-order chi connectivity index (χ1) is 8.99. The van der Waals surface area contributed by atoms with E-state index in [1.54, 1.807) is 0 Å². The van der Waals surface area contributed by atoms with Gasteiger partial charge in [0.25, 0.3) is 0 Å². The predicted octanol–water partition coefficient (Wildman–Crippen LogP) is 2.91. The molecular weight excluding hydrogens is 236 g/mol. The van der Waals surface area contributed by atoms with Crippen molar-refractivity contribution in [1.29, 1.82) is 0 Å². The van der Waals surface area contributed by atoms with E-state index >= 15 is 0 Å². The van der Waals surface area contributed by atoms with Crippen molar-refractivity contribution in [3.05, 3.63) is 29.8 Å². The van der Waals surface area contributed by atoms with Crippen molar-refractivity contribution in [2.45, 2.75) is 52.1 Å². The largest absolute Gasteiger partial charge is 0.311 e. The van der Waals surface area contributed by atoms with Gasteiger partial charge in [-0.2, -0.15) is 0 Å². The average molecular weight is 260 g/mol. The fourth-order valence-electron chi connectivity index (χ4n) is 2.55. The highest BCUT2D eigenvalue weighted by Gasteiger charge is 2.32. The number of rotatable bonds is 4. The Morgan fingerprint density at radius 1 is 1.26 bits per heavy atom. The molecule has 0 aliphatic carbocycles. The molecule has 1 unspecified atom stereocenters. The summed E-state index contributed by atoms with van der Waals surface area (Å²) in [6, 6.07) is 8.65. The maximum absolute atomic E-state index is 12.4. The van der Waals surface area contributed by atoms with Gasteiger partial charge < -0.3 is 10.2 Å². The third-order valence-corrected chi connectivity index (χ3v) is 3.59. The van der Waals surface area contributed by atoms with Gasteiger partial charge in [0.05, 0.1) is 6.04 Å². The fraction of sp³-hybridized carbons (Fsp3) is 0.562. The number of hydrogen-bond acceptors (Lipinski definition) is 2. The molecule has 0 spiro atoms. The van der Waals surface area contributed by atoms with Crippen LogP contribution in [0.2, 0.25) is 0 Å². The number of carbonyl (C=O) groups is 1. The van der Waals surface area contributed by atoms with Crippen LogP contribution in [0.4, 0.5) is 5.69 Å². The molecular formula is C16H24N2O. The molecule has 0 radical (unpaired) electrons.